The van der Waals surface area contributed by atoms with Crippen LogP contribution in [-0.2, 0) is 6.54 Å². The number of nitrogens with one attached hydrogen (secondary N) is 1. The largest absolute Gasteiger partial charge is 0.309 e. The standard InChI is InChI=1S/C16H25NS/c1-10-5-6-18-15(10)9-17-14-8-12-7-13(11(14)2)16(12,3)4/h5-6,11-14,17H,7-9H2,1-4H3. The number of thiophene rings is 1. The molecular weight excluding hydrogens is 238 g/mol. The average molecular weight is 263 g/mol. The lowest BCUT2D eigenvalue weighted by molar-refractivity contribution is -0.115. The van der Waals surface area contributed by atoms with E-state index in [1.165, 1.54) is 23.3 Å². The fourth-order valence-electron chi connectivity index (χ4n) is 4.23. The van der Waals surface area contributed by atoms with Gasteiger partial charge in [0, 0.05) is 17.5 Å². The molecule has 100 valence electrons. The third-order valence-corrected chi connectivity index (χ3v) is 6.87. The molecule has 1 aromatic heterocycles. The molecule has 0 aliphatic heterocycles. The van der Waals surface area contributed by atoms with Crippen molar-refractivity contribution in [1.82, 2.24) is 5.32 Å². The van der Waals surface area contributed by atoms with Gasteiger partial charge >= 0.3 is 0 Å². The predicted molar refractivity (Wildman–Crippen MR) is 78.8 cm³/mol. The Morgan fingerprint density at radius 1 is 1.39 bits per heavy atom. The highest BCUT2D eigenvalue weighted by atomic mass is 32.1. The summed E-state index contributed by atoms with van der Waals surface area (Å²) < 4.78 is 0. The van der Waals surface area contributed by atoms with Gasteiger partial charge in [-0.3, -0.25) is 0 Å². The van der Waals surface area contributed by atoms with E-state index in [4.69, 9.17) is 0 Å². The molecule has 1 heterocycles. The Balaban J connectivity index is 1.61. The Labute approximate surface area is 115 Å². The molecule has 0 aromatic carbocycles. The zero-order valence-corrected chi connectivity index (χ0v) is 12.8. The molecule has 3 aliphatic rings. The summed E-state index contributed by atoms with van der Waals surface area (Å²) in [5.74, 6) is 2.74. The van der Waals surface area contributed by atoms with Gasteiger partial charge in [-0.15, -0.1) is 11.3 Å². The normalized spacial score (nSPS) is 37.3. The molecule has 3 saturated carbocycles. The van der Waals surface area contributed by atoms with Crippen LogP contribution in [0, 0.1) is 30.1 Å². The molecule has 1 nitrogen and oxygen atoms in total. The van der Waals surface area contributed by atoms with Crippen LogP contribution < -0.4 is 5.32 Å². The molecule has 3 aliphatic carbocycles. The van der Waals surface area contributed by atoms with Crippen LogP contribution in [0.1, 0.15) is 44.1 Å². The molecule has 0 saturated heterocycles. The summed E-state index contributed by atoms with van der Waals surface area (Å²) in [7, 11) is 0. The molecule has 0 radical (unpaired) electrons. The summed E-state index contributed by atoms with van der Waals surface area (Å²) in [5, 5.41) is 6.03. The lowest BCUT2D eigenvalue weighted by Crippen LogP contribution is -2.59. The van der Waals surface area contributed by atoms with E-state index < -0.39 is 0 Å². The van der Waals surface area contributed by atoms with E-state index in [0.717, 1.165) is 30.3 Å². The summed E-state index contributed by atoms with van der Waals surface area (Å²) in [5.41, 5.74) is 2.05. The minimum atomic E-state index is 0.608. The lowest BCUT2D eigenvalue weighted by Gasteiger charge is -2.62. The van der Waals surface area contributed by atoms with Crippen molar-refractivity contribution in [1.29, 1.82) is 0 Å². The number of hydrogen-bond acceptors (Lipinski definition) is 2. The van der Waals surface area contributed by atoms with Gasteiger partial charge in [-0.2, -0.15) is 0 Å². The SMILES string of the molecule is Cc1ccsc1CNC1CC2CC(C1C)C2(C)C. The first-order valence-electron chi connectivity index (χ1n) is 7.26. The van der Waals surface area contributed by atoms with Gasteiger partial charge in [-0.05, 0) is 59.9 Å². The fraction of sp³-hybridized carbons (Fsp3) is 0.750. The first-order chi connectivity index (χ1) is 8.50. The first-order valence-corrected chi connectivity index (χ1v) is 8.14. The van der Waals surface area contributed by atoms with Crippen molar-refractivity contribution >= 4 is 11.3 Å². The smallest absolute Gasteiger partial charge is 0.0305 e. The molecule has 4 atom stereocenters. The van der Waals surface area contributed by atoms with Crippen LogP contribution in [0.3, 0.4) is 0 Å². The van der Waals surface area contributed by atoms with Crippen LogP contribution in [0.5, 0.6) is 0 Å². The summed E-state index contributed by atoms with van der Waals surface area (Å²) in [6.07, 6.45) is 2.86. The summed E-state index contributed by atoms with van der Waals surface area (Å²) >= 11 is 1.89. The Hall–Kier alpha value is -0.340. The fourth-order valence-corrected chi connectivity index (χ4v) is 5.09. The number of aryl methyl sites for hydroxylation is 1. The predicted octanol–water partition coefficient (Wildman–Crippen LogP) is 4.22. The Bertz CT molecular complexity index is 434. The number of hydrogen-bond donors (Lipinski definition) is 1. The second-order valence-corrected chi connectivity index (χ2v) is 7.97. The third kappa shape index (κ3) is 1.85. The quantitative estimate of drug-likeness (QED) is 0.861. The lowest BCUT2D eigenvalue weighted by atomic mass is 9.45. The van der Waals surface area contributed by atoms with Gasteiger partial charge in [0.25, 0.3) is 0 Å². The zero-order valence-electron chi connectivity index (χ0n) is 12.0. The van der Waals surface area contributed by atoms with Crippen molar-refractivity contribution in [3.8, 4) is 0 Å². The van der Waals surface area contributed by atoms with E-state index in [9.17, 15) is 0 Å². The van der Waals surface area contributed by atoms with Crippen molar-refractivity contribution in [2.45, 2.75) is 53.1 Å². The van der Waals surface area contributed by atoms with Gasteiger partial charge in [-0.25, -0.2) is 0 Å². The highest BCUT2D eigenvalue weighted by molar-refractivity contribution is 7.10. The Morgan fingerprint density at radius 2 is 2.17 bits per heavy atom. The van der Waals surface area contributed by atoms with Crippen molar-refractivity contribution in [3.05, 3.63) is 21.9 Å². The Morgan fingerprint density at radius 3 is 2.72 bits per heavy atom. The minimum absolute atomic E-state index is 0.608. The summed E-state index contributed by atoms with van der Waals surface area (Å²) in [4.78, 5) is 1.51. The third-order valence-electron chi connectivity index (χ3n) is 5.85. The van der Waals surface area contributed by atoms with E-state index in [1.807, 2.05) is 11.3 Å². The topological polar surface area (TPSA) is 12.0 Å². The molecular formula is C16H25NS. The number of rotatable bonds is 3. The highest BCUT2D eigenvalue weighted by Crippen LogP contribution is 2.61. The van der Waals surface area contributed by atoms with Gasteiger partial charge in [0.1, 0.15) is 0 Å². The van der Waals surface area contributed by atoms with Gasteiger partial charge < -0.3 is 5.32 Å². The highest BCUT2D eigenvalue weighted by Gasteiger charge is 2.55. The van der Waals surface area contributed by atoms with Crippen LogP contribution in [0.4, 0.5) is 0 Å². The van der Waals surface area contributed by atoms with Crippen LogP contribution in [0.25, 0.3) is 0 Å². The second kappa shape index (κ2) is 4.35. The molecule has 18 heavy (non-hydrogen) atoms. The van der Waals surface area contributed by atoms with Gasteiger partial charge in [0.05, 0.1) is 0 Å². The monoisotopic (exact) mass is 263 g/mol. The van der Waals surface area contributed by atoms with E-state index in [1.54, 1.807) is 0 Å². The maximum Gasteiger partial charge on any atom is 0.0305 e. The number of fused-ring (bicyclic) bond motifs is 2. The minimum Gasteiger partial charge on any atom is -0.309 e. The molecule has 1 aromatic rings. The first kappa shape index (κ1) is 12.7. The van der Waals surface area contributed by atoms with E-state index in [-0.39, 0.29) is 0 Å². The van der Waals surface area contributed by atoms with E-state index >= 15 is 0 Å². The molecule has 1 N–H and O–H groups in total. The molecule has 0 spiro atoms. The molecule has 2 heteroatoms. The molecule has 2 bridgehead atoms. The van der Waals surface area contributed by atoms with Crippen LogP contribution in [-0.4, -0.2) is 6.04 Å². The van der Waals surface area contributed by atoms with Gasteiger partial charge in [-0.1, -0.05) is 20.8 Å². The van der Waals surface area contributed by atoms with Gasteiger partial charge in [0.2, 0.25) is 0 Å². The zero-order chi connectivity index (χ0) is 12.9. The maximum atomic E-state index is 3.82. The molecule has 4 rings (SSSR count). The van der Waals surface area contributed by atoms with Crippen molar-refractivity contribution < 1.29 is 0 Å². The van der Waals surface area contributed by atoms with Crippen LogP contribution in [0.15, 0.2) is 11.4 Å². The molecule has 4 unspecified atom stereocenters. The molecule has 3 fully saturated rings. The van der Waals surface area contributed by atoms with Crippen LogP contribution in [0.2, 0.25) is 0 Å². The van der Waals surface area contributed by atoms with Crippen molar-refractivity contribution in [3.63, 3.8) is 0 Å². The molecule has 0 amide bonds. The summed E-state index contributed by atoms with van der Waals surface area (Å²) in [6, 6.07) is 2.97. The summed E-state index contributed by atoms with van der Waals surface area (Å²) in [6.45, 7) is 10.7. The van der Waals surface area contributed by atoms with E-state index in [2.05, 4.69) is 44.5 Å². The maximum absolute atomic E-state index is 3.82. The Kier molecular flexibility index (Phi) is 3.06. The van der Waals surface area contributed by atoms with Crippen LogP contribution >= 0.6 is 11.3 Å². The van der Waals surface area contributed by atoms with Crippen molar-refractivity contribution in [2.24, 2.45) is 23.2 Å². The van der Waals surface area contributed by atoms with Gasteiger partial charge in [0.15, 0.2) is 0 Å². The average Bonchev–Trinajstić information content (AvgIpc) is 2.73. The van der Waals surface area contributed by atoms with E-state index in [0.29, 0.717) is 5.41 Å². The van der Waals surface area contributed by atoms with Crippen molar-refractivity contribution in [2.75, 3.05) is 0 Å². The second-order valence-electron chi connectivity index (χ2n) is 6.97.